The van der Waals surface area contributed by atoms with Crippen molar-refractivity contribution in [3.63, 3.8) is 0 Å². The normalized spacial score (nSPS) is 18.3. The SMILES string of the molecule is CCC1(c2ccccc2)NC(=O)N(NC(=O)CN(C)CCOc2ccccc2F)C1=O. The van der Waals surface area contributed by atoms with Gasteiger partial charge in [0.15, 0.2) is 11.6 Å². The van der Waals surface area contributed by atoms with Crippen LogP contribution in [0.25, 0.3) is 0 Å². The van der Waals surface area contributed by atoms with Gasteiger partial charge in [-0.2, -0.15) is 5.01 Å². The molecule has 31 heavy (non-hydrogen) atoms. The number of urea groups is 1. The molecule has 1 heterocycles. The molecule has 1 fully saturated rings. The summed E-state index contributed by atoms with van der Waals surface area (Å²) < 4.78 is 18.9. The number of hydrazine groups is 1. The number of para-hydroxylation sites is 1. The topological polar surface area (TPSA) is 91.0 Å². The molecule has 0 aliphatic carbocycles. The van der Waals surface area contributed by atoms with Gasteiger partial charge in [0.2, 0.25) is 0 Å². The lowest BCUT2D eigenvalue weighted by atomic mass is 9.87. The minimum Gasteiger partial charge on any atom is -0.489 e. The highest BCUT2D eigenvalue weighted by atomic mass is 19.1. The Kier molecular flexibility index (Phi) is 6.86. The Hall–Kier alpha value is -3.46. The molecule has 1 aliphatic rings. The number of carbonyl (C=O) groups is 3. The fourth-order valence-electron chi connectivity index (χ4n) is 3.40. The van der Waals surface area contributed by atoms with Gasteiger partial charge in [0, 0.05) is 6.54 Å². The molecule has 0 bridgehead atoms. The molecule has 8 nitrogen and oxygen atoms in total. The highest BCUT2D eigenvalue weighted by molar-refractivity contribution is 6.08. The number of nitrogens with one attached hydrogen (secondary N) is 2. The Balaban J connectivity index is 1.54. The van der Waals surface area contributed by atoms with Gasteiger partial charge in [-0.3, -0.25) is 19.9 Å². The molecule has 1 aliphatic heterocycles. The van der Waals surface area contributed by atoms with Crippen molar-refractivity contribution in [2.75, 3.05) is 26.7 Å². The van der Waals surface area contributed by atoms with Gasteiger partial charge in [-0.25, -0.2) is 9.18 Å². The third-order valence-corrected chi connectivity index (χ3v) is 5.11. The molecule has 3 rings (SSSR count). The van der Waals surface area contributed by atoms with E-state index in [0.717, 1.165) is 5.01 Å². The van der Waals surface area contributed by atoms with E-state index in [-0.39, 0.29) is 18.9 Å². The van der Waals surface area contributed by atoms with Crippen molar-refractivity contribution in [2.45, 2.75) is 18.9 Å². The average Bonchev–Trinajstić information content (AvgIpc) is 3.00. The maximum absolute atomic E-state index is 13.6. The molecule has 1 saturated heterocycles. The van der Waals surface area contributed by atoms with Crippen LogP contribution in [0, 0.1) is 5.82 Å². The van der Waals surface area contributed by atoms with Gasteiger partial charge in [0.05, 0.1) is 6.54 Å². The summed E-state index contributed by atoms with van der Waals surface area (Å²) in [6.45, 7) is 2.22. The number of amides is 4. The van der Waals surface area contributed by atoms with Crippen LogP contribution in [-0.2, 0) is 15.1 Å². The van der Waals surface area contributed by atoms with Gasteiger partial charge >= 0.3 is 6.03 Å². The van der Waals surface area contributed by atoms with Crippen LogP contribution in [0.2, 0.25) is 0 Å². The highest BCUT2D eigenvalue weighted by Crippen LogP contribution is 2.31. The van der Waals surface area contributed by atoms with Crippen molar-refractivity contribution in [3.05, 3.63) is 66.0 Å². The molecule has 1 unspecified atom stereocenters. The van der Waals surface area contributed by atoms with E-state index in [1.54, 1.807) is 55.3 Å². The molecule has 1 atom stereocenters. The van der Waals surface area contributed by atoms with Crippen LogP contribution in [0.5, 0.6) is 5.75 Å². The summed E-state index contributed by atoms with van der Waals surface area (Å²) in [5, 5.41) is 3.43. The number of halogens is 1. The second-order valence-electron chi connectivity index (χ2n) is 7.25. The minimum absolute atomic E-state index is 0.0812. The third-order valence-electron chi connectivity index (χ3n) is 5.11. The number of imide groups is 1. The van der Waals surface area contributed by atoms with E-state index in [1.807, 2.05) is 6.07 Å². The van der Waals surface area contributed by atoms with Gasteiger partial charge in [0.25, 0.3) is 11.8 Å². The summed E-state index contributed by atoms with van der Waals surface area (Å²) in [5.74, 6) is -1.39. The Morgan fingerprint density at radius 1 is 1.16 bits per heavy atom. The third kappa shape index (κ3) is 4.83. The number of hydrogen-bond donors (Lipinski definition) is 2. The first-order valence-electron chi connectivity index (χ1n) is 9.95. The Bertz CT molecular complexity index is 956. The summed E-state index contributed by atoms with van der Waals surface area (Å²) in [4.78, 5) is 39.5. The lowest BCUT2D eigenvalue weighted by molar-refractivity contribution is -0.139. The number of rotatable bonds is 9. The summed E-state index contributed by atoms with van der Waals surface area (Å²) >= 11 is 0. The first kappa shape index (κ1) is 22.2. The monoisotopic (exact) mass is 428 g/mol. The average molecular weight is 428 g/mol. The zero-order valence-electron chi connectivity index (χ0n) is 17.4. The van der Waals surface area contributed by atoms with Crippen LogP contribution in [0.1, 0.15) is 18.9 Å². The van der Waals surface area contributed by atoms with Crippen molar-refractivity contribution in [2.24, 2.45) is 0 Å². The fraction of sp³-hybridized carbons (Fsp3) is 0.318. The number of benzene rings is 2. The predicted molar refractivity (Wildman–Crippen MR) is 111 cm³/mol. The van der Waals surface area contributed by atoms with Crippen molar-refractivity contribution in [1.29, 1.82) is 0 Å². The fourth-order valence-corrected chi connectivity index (χ4v) is 3.40. The molecule has 0 spiro atoms. The second-order valence-corrected chi connectivity index (χ2v) is 7.25. The van der Waals surface area contributed by atoms with Gasteiger partial charge < -0.3 is 10.1 Å². The van der Waals surface area contributed by atoms with E-state index in [9.17, 15) is 18.8 Å². The van der Waals surface area contributed by atoms with E-state index in [2.05, 4.69) is 10.7 Å². The molecule has 0 radical (unpaired) electrons. The van der Waals surface area contributed by atoms with E-state index >= 15 is 0 Å². The summed E-state index contributed by atoms with van der Waals surface area (Å²) in [5.41, 5.74) is 1.81. The smallest absolute Gasteiger partial charge is 0.344 e. The zero-order valence-corrected chi connectivity index (χ0v) is 17.4. The van der Waals surface area contributed by atoms with E-state index < -0.39 is 29.2 Å². The number of ether oxygens (including phenoxy) is 1. The largest absolute Gasteiger partial charge is 0.489 e. The van der Waals surface area contributed by atoms with Crippen LogP contribution in [0.15, 0.2) is 54.6 Å². The Morgan fingerprint density at radius 3 is 2.52 bits per heavy atom. The maximum Gasteiger partial charge on any atom is 0.344 e. The Morgan fingerprint density at radius 2 is 1.84 bits per heavy atom. The van der Waals surface area contributed by atoms with Gasteiger partial charge in [0.1, 0.15) is 12.1 Å². The molecule has 164 valence electrons. The van der Waals surface area contributed by atoms with Gasteiger partial charge in [-0.15, -0.1) is 0 Å². The van der Waals surface area contributed by atoms with Gasteiger partial charge in [-0.05, 0) is 31.2 Å². The number of hydrogen-bond acceptors (Lipinski definition) is 5. The summed E-state index contributed by atoms with van der Waals surface area (Å²) in [7, 11) is 1.68. The lowest BCUT2D eigenvalue weighted by Crippen LogP contribution is -2.51. The minimum atomic E-state index is -1.22. The number of carbonyl (C=O) groups excluding carboxylic acids is 3. The van der Waals surface area contributed by atoms with Crippen LogP contribution in [0.3, 0.4) is 0 Å². The van der Waals surface area contributed by atoms with E-state index in [0.29, 0.717) is 18.5 Å². The molecule has 0 aromatic heterocycles. The van der Waals surface area contributed by atoms with Crippen molar-refractivity contribution in [1.82, 2.24) is 20.7 Å². The van der Waals surface area contributed by atoms with Crippen LogP contribution >= 0.6 is 0 Å². The van der Waals surface area contributed by atoms with Crippen molar-refractivity contribution < 1.29 is 23.5 Å². The molecular formula is C22H25FN4O4. The molecule has 2 N–H and O–H groups in total. The van der Waals surface area contributed by atoms with Crippen LogP contribution in [0.4, 0.5) is 9.18 Å². The highest BCUT2D eigenvalue weighted by Gasteiger charge is 2.52. The molecular weight excluding hydrogens is 403 g/mol. The second kappa shape index (κ2) is 9.57. The molecule has 0 saturated carbocycles. The standard InChI is InChI=1S/C22H25FN4O4/c1-3-22(16-9-5-4-6-10-16)20(29)27(21(30)24-22)25-19(28)15-26(2)13-14-31-18-12-8-7-11-17(18)23/h4-12H,3,13-15H2,1-2H3,(H,24,30)(H,25,28). The molecule has 4 amide bonds. The quantitative estimate of drug-likeness (QED) is 0.597. The zero-order chi connectivity index (χ0) is 22.4. The molecule has 2 aromatic rings. The number of likely N-dealkylation sites (N-methyl/N-ethyl adjacent to an activating group) is 1. The number of nitrogens with zero attached hydrogens (tertiary/aromatic N) is 2. The van der Waals surface area contributed by atoms with Crippen LogP contribution in [-0.4, -0.2) is 54.5 Å². The van der Waals surface area contributed by atoms with Crippen molar-refractivity contribution in [3.8, 4) is 5.75 Å². The van der Waals surface area contributed by atoms with E-state index in [1.165, 1.54) is 12.1 Å². The predicted octanol–water partition coefficient (Wildman–Crippen LogP) is 2.02. The van der Waals surface area contributed by atoms with Crippen LogP contribution < -0.4 is 15.5 Å². The molecule has 2 aromatic carbocycles. The van der Waals surface area contributed by atoms with E-state index in [4.69, 9.17) is 4.74 Å². The van der Waals surface area contributed by atoms with Crippen molar-refractivity contribution >= 4 is 17.8 Å². The van der Waals surface area contributed by atoms with Gasteiger partial charge in [-0.1, -0.05) is 49.4 Å². The first-order chi connectivity index (χ1) is 14.9. The molecule has 9 heteroatoms. The maximum atomic E-state index is 13.6. The first-order valence-corrected chi connectivity index (χ1v) is 9.95. The summed E-state index contributed by atoms with van der Waals surface area (Å²) in [6, 6.07) is 14.3. The lowest BCUT2D eigenvalue weighted by Gasteiger charge is -2.25. The Labute approximate surface area is 179 Å². The summed E-state index contributed by atoms with van der Waals surface area (Å²) in [6.07, 6.45) is 0.335.